The number of nitrogens with zero attached hydrogens (tertiary/aromatic N) is 1. The topological polar surface area (TPSA) is 38.5 Å². The van der Waals surface area contributed by atoms with Crippen molar-refractivity contribution in [1.82, 2.24) is 4.90 Å². The molecule has 1 aliphatic rings. The normalized spacial score (nSPS) is 21.4. The molecule has 0 aliphatic carbocycles. The van der Waals surface area contributed by atoms with E-state index in [4.69, 9.17) is 5.73 Å². The number of benzene rings is 2. The van der Waals surface area contributed by atoms with E-state index in [1.54, 1.807) is 12.1 Å². The number of hydrogen-bond donors (Lipinski definition) is 1. The van der Waals surface area contributed by atoms with Gasteiger partial charge in [0.15, 0.2) is 0 Å². The first kappa shape index (κ1) is 17.8. The third-order valence-electron chi connectivity index (χ3n) is 4.61. The van der Waals surface area contributed by atoms with Crippen LogP contribution in [-0.4, -0.2) is 30.9 Å². The summed E-state index contributed by atoms with van der Waals surface area (Å²) in [5.41, 5.74) is 8.19. The molecule has 0 radical (unpaired) electrons. The molecule has 0 saturated carbocycles. The Bertz CT molecular complexity index is 673. The van der Waals surface area contributed by atoms with E-state index in [0.29, 0.717) is 24.9 Å². The Kier molecular flexibility index (Phi) is 5.30. The lowest BCUT2D eigenvalue weighted by molar-refractivity contribution is -0.274. The quantitative estimate of drug-likeness (QED) is 0.892. The molecule has 2 atom stereocenters. The molecule has 1 heterocycles. The van der Waals surface area contributed by atoms with Gasteiger partial charge in [0, 0.05) is 25.6 Å². The lowest BCUT2D eigenvalue weighted by Gasteiger charge is -2.17. The highest BCUT2D eigenvalue weighted by molar-refractivity contribution is 5.28. The van der Waals surface area contributed by atoms with E-state index in [-0.39, 0.29) is 5.75 Å². The van der Waals surface area contributed by atoms with Crippen molar-refractivity contribution in [3.63, 3.8) is 0 Å². The monoisotopic (exact) mass is 350 g/mol. The lowest BCUT2D eigenvalue weighted by Crippen LogP contribution is -2.23. The van der Waals surface area contributed by atoms with Crippen LogP contribution in [0.1, 0.15) is 17.0 Å². The predicted octanol–water partition coefficient (Wildman–Crippen LogP) is 3.76. The Labute approximate surface area is 145 Å². The van der Waals surface area contributed by atoms with Crippen LogP contribution in [0.4, 0.5) is 13.2 Å². The van der Waals surface area contributed by atoms with Crippen LogP contribution in [0, 0.1) is 5.92 Å². The standard InChI is InChI=1S/C19H21F3N2O/c20-19(21,22)25-17-8-6-14(7-9-17)11-24-12-16(10-23)18(13-24)15-4-2-1-3-5-15/h1-9,16,18H,10-13,23H2/t16-,18+/m1/s1. The molecular formula is C19H21F3N2O. The van der Waals surface area contributed by atoms with Crippen molar-refractivity contribution in [1.29, 1.82) is 0 Å². The molecule has 1 aliphatic heterocycles. The van der Waals surface area contributed by atoms with Crippen molar-refractivity contribution >= 4 is 0 Å². The molecule has 2 aromatic carbocycles. The number of likely N-dealkylation sites (tertiary alicyclic amines) is 1. The van der Waals surface area contributed by atoms with Gasteiger partial charge in [-0.25, -0.2) is 0 Å². The zero-order valence-electron chi connectivity index (χ0n) is 13.7. The third kappa shape index (κ3) is 4.74. The van der Waals surface area contributed by atoms with Crippen LogP contribution < -0.4 is 10.5 Å². The maximum Gasteiger partial charge on any atom is 0.573 e. The summed E-state index contributed by atoms with van der Waals surface area (Å²) < 4.78 is 40.5. The van der Waals surface area contributed by atoms with E-state index in [9.17, 15) is 13.2 Å². The Morgan fingerprint density at radius 1 is 1.00 bits per heavy atom. The molecule has 6 heteroatoms. The summed E-state index contributed by atoms with van der Waals surface area (Å²) in [4.78, 5) is 2.30. The van der Waals surface area contributed by atoms with Crippen LogP contribution in [-0.2, 0) is 6.54 Å². The zero-order chi connectivity index (χ0) is 17.9. The van der Waals surface area contributed by atoms with Crippen molar-refractivity contribution < 1.29 is 17.9 Å². The van der Waals surface area contributed by atoms with E-state index in [1.165, 1.54) is 17.7 Å². The van der Waals surface area contributed by atoms with Gasteiger partial charge in [0.25, 0.3) is 0 Å². The van der Waals surface area contributed by atoms with Crippen molar-refractivity contribution in [2.75, 3.05) is 19.6 Å². The van der Waals surface area contributed by atoms with Crippen LogP contribution >= 0.6 is 0 Å². The summed E-state index contributed by atoms with van der Waals surface area (Å²) in [6.07, 6.45) is -4.66. The van der Waals surface area contributed by atoms with Crippen molar-refractivity contribution in [3.05, 3.63) is 65.7 Å². The zero-order valence-corrected chi connectivity index (χ0v) is 13.7. The molecule has 2 aromatic rings. The Hall–Kier alpha value is -2.05. The minimum Gasteiger partial charge on any atom is -0.406 e. The maximum absolute atomic E-state index is 12.2. The Morgan fingerprint density at radius 2 is 1.68 bits per heavy atom. The Balaban J connectivity index is 1.64. The molecule has 1 saturated heterocycles. The van der Waals surface area contributed by atoms with Crippen LogP contribution in [0.2, 0.25) is 0 Å². The smallest absolute Gasteiger partial charge is 0.406 e. The third-order valence-corrected chi connectivity index (χ3v) is 4.61. The SMILES string of the molecule is NC[C@@H]1CN(Cc2ccc(OC(F)(F)F)cc2)C[C@H]1c1ccccc1. The van der Waals surface area contributed by atoms with Crippen molar-refractivity contribution in [3.8, 4) is 5.75 Å². The molecule has 0 bridgehead atoms. The number of hydrogen-bond acceptors (Lipinski definition) is 3. The van der Waals surface area contributed by atoms with E-state index in [1.807, 2.05) is 18.2 Å². The highest BCUT2D eigenvalue weighted by atomic mass is 19.4. The molecule has 1 fully saturated rings. The first-order chi connectivity index (χ1) is 11.9. The minimum atomic E-state index is -4.66. The number of halogens is 3. The molecule has 0 aromatic heterocycles. The maximum atomic E-state index is 12.2. The van der Waals surface area contributed by atoms with Crippen molar-refractivity contribution in [2.24, 2.45) is 11.7 Å². The summed E-state index contributed by atoms with van der Waals surface area (Å²) in [7, 11) is 0. The van der Waals surface area contributed by atoms with Crippen LogP contribution in [0.5, 0.6) is 5.75 Å². The van der Waals surface area contributed by atoms with Crippen LogP contribution in [0.3, 0.4) is 0 Å². The van der Waals surface area contributed by atoms with Crippen molar-refractivity contribution in [2.45, 2.75) is 18.8 Å². The number of ether oxygens (including phenoxy) is 1. The van der Waals surface area contributed by atoms with Gasteiger partial charge < -0.3 is 10.5 Å². The van der Waals surface area contributed by atoms with Gasteiger partial charge in [0.1, 0.15) is 5.75 Å². The summed E-state index contributed by atoms with van der Waals surface area (Å²) >= 11 is 0. The van der Waals surface area contributed by atoms with E-state index >= 15 is 0 Å². The van der Waals surface area contributed by atoms with Gasteiger partial charge in [-0.15, -0.1) is 13.2 Å². The highest BCUT2D eigenvalue weighted by Crippen LogP contribution is 2.33. The fourth-order valence-corrected chi connectivity index (χ4v) is 3.46. The van der Waals surface area contributed by atoms with Crippen LogP contribution in [0.15, 0.2) is 54.6 Å². The number of nitrogens with two attached hydrogens (primary N) is 1. The molecule has 0 amide bonds. The second kappa shape index (κ2) is 7.45. The molecule has 3 nitrogen and oxygen atoms in total. The summed E-state index contributed by atoms with van der Waals surface area (Å²) in [5.74, 6) is 0.578. The van der Waals surface area contributed by atoms with Gasteiger partial charge in [0.2, 0.25) is 0 Å². The van der Waals surface area contributed by atoms with E-state index in [0.717, 1.165) is 18.7 Å². The van der Waals surface area contributed by atoms with E-state index in [2.05, 4.69) is 21.8 Å². The summed E-state index contributed by atoms with van der Waals surface area (Å²) in [6, 6.07) is 16.4. The van der Waals surface area contributed by atoms with E-state index < -0.39 is 6.36 Å². The van der Waals surface area contributed by atoms with Crippen LogP contribution in [0.25, 0.3) is 0 Å². The van der Waals surface area contributed by atoms with Gasteiger partial charge in [-0.1, -0.05) is 42.5 Å². The van der Waals surface area contributed by atoms with Gasteiger partial charge >= 0.3 is 6.36 Å². The molecule has 134 valence electrons. The number of rotatable bonds is 5. The summed E-state index contributed by atoms with van der Waals surface area (Å²) in [5, 5.41) is 0. The lowest BCUT2D eigenvalue weighted by atomic mass is 9.89. The second-order valence-corrected chi connectivity index (χ2v) is 6.40. The average molecular weight is 350 g/mol. The first-order valence-corrected chi connectivity index (χ1v) is 8.26. The van der Waals surface area contributed by atoms with Gasteiger partial charge in [-0.05, 0) is 35.7 Å². The van der Waals surface area contributed by atoms with Gasteiger partial charge in [0.05, 0.1) is 0 Å². The number of alkyl halides is 3. The second-order valence-electron chi connectivity index (χ2n) is 6.40. The summed E-state index contributed by atoms with van der Waals surface area (Å²) in [6.45, 7) is 3.09. The molecule has 25 heavy (non-hydrogen) atoms. The Morgan fingerprint density at radius 3 is 2.28 bits per heavy atom. The molecular weight excluding hydrogens is 329 g/mol. The minimum absolute atomic E-state index is 0.195. The molecule has 0 unspecified atom stereocenters. The first-order valence-electron chi connectivity index (χ1n) is 8.26. The highest BCUT2D eigenvalue weighted by Gasteiger charge is 2.33. The van der Waals surface area contributed by atoms with Gasteiger partial charge in [-0.2, -0.15) is 0 Å². The average Bonchev–Trinajstić information content (AvgIpc) is 2.99. The van der Waals surface area contributed by atoms with Gasteiger partial charge in [-0.3, -0.25) is 4.90 Å². The molecule has 0 spiro atoms. The molecule has 2 N–H and O–H groups in total. The molecule has 3 rings (SSSR count). The largest absolute Gasteiger partial charge is 0.573 e. The fourth-order valence-electron chi connectivity index (χ4n) is 3.46. The predicted molar refractivity (Wildman–Crippen MR) is 90.1 cm³/mol. The fraction of sp³-hybridized carbons (Fsp3) is 0.368.